The van der Waals surface area contributed by atoms with Crippen LogP contribution < -0.4 is 0 Å². The molecule has 1 rings (SSSR count). The first-order valence-electron chi connectivity index (χ1n) is 7.98. The molecule has 0 aliphatic rings. The molecule has 0 aliphatic heterocycles. The third-order valence-corrected chi connectivity index (χ3v) is 3.51. The maximum Gasteiger partial charge on any atom is 0.150 e. The lowest BCUT2D eigenvalue weighted by molar-refractivity contribution is 0.112. The Balaban J connectivity index is 1.92. The third-order valence-electron chi connectivity index (χ3n) is 3.51. The standard InChI is InChI=1S/C18H28O2/c1-2-3-14-20-15-8-6-4-5-7-9-17-10-12-18(16-19)13-11-17/h10-13,16H,2-9,14-15H2,1H3. The summed E-state index contributed by atoms with van der Waals surface area (Å²) in [6, 6.07) is 7.92. The van der Waals surface area contributed by atoms with Crippen molar-refractivity contribution in [1.29, 1.82) is 0 Å². The molecular formula is C18H28O2. The van der Waals surface area contributed by atoms with Crippen LogP contribution in [0.1, 0.15) is 67.8 Å². The van der Waals surface area contributed by atoms with Crippen LogP contribution in [0.15, 0.2) is 24.3 Å². The zero-order valence-corrected chi connectivity index (χ0v) is 12.8. The summed E-state index contributed by atoms with van der Waals surface area (Å²) in [4.78, 5) is 10.6. The fourth-order valence-corrected chi connectivity index (χ4v) is 2.17. The Hall–Kier alpha value is -1.15. The van der Waals surface area contributed by atoms with E-state index in [2.05, 4.69) is 19.1 Å². The molecule has 0 spiro atoms. The summed E-state index contributed by atoms with van der Waals surface area (Å²) >= 11 is 0. The smallest absolute Gasteiger partial charge is 0.150 e. The number of ether oxygens (including phenoxy) is 1. The average molecular weight is 276 g/mol. The van der Waals surface area contributed by atoms with Gasteiger partial charge in [0.15, 0.2) is 0 Å². The number of hydrogen-bond donors (Lipinski definition) is 0. The second kappa shape index (κ2) is 11.7. The van der Waals surface area contributed by atoms with E-state index in [4.69, 9.17) is 4.74 Å². The van der Waals surface area contributed by atoms with Crippen LogP contribution in [0.4, 0.5) is 0 Å². The van der Waals surface area contributed by atoms with Crippen LogP contribution in [0.2, 0.25) is 0 Å². The Morgan fingerprint density at radius 3 is 2.25 bits per heavy atom. The molecule has 0 unspecified atom stereocenters. The third kappa shape index (κ3) is 8.11. The van der Waals surface area contributed by atoms with Gasteiger partial charge in [-0.25, -0.2) is 0 Å². The number of benzene rings is 1. The molecule has 0 radical (unpaired) electrons. The number of rotatable bonds is 12. The molecule has 0 aromatic heterocycles. The fraction of sp³-hybridized carbons (Fsp3) is 0.611. The van der Waals surface area contributed by atoms with Gasteiger partial charge in [-0.2, -0.15) is 0 Å². The molecular weight excluding hydrogens is 248 g/mol. The molecule has 0 fully saturated rings. The Morgan fingerprint density at radius 1 is 0.900 bits per heavy atom. The van der Waals surface area contributed by atoms with Crippen molar-refractivity contribution in [2.75, 3.05) is 13.2 Å². The second-order valence-electron chi connectivity index (χ2n) is 5.34. The molecule has 0 N–H and O–H groups in total. The van der Waals surface area contributed by atoms with Crippen LogP contribution in [-0.2, 0) is 11.2 Å². The van der Waals surface area contributed by atoms with Crippen molar-refractivity contribution in [3.05, 3.63) is 35.4 Å². The first-order valence-corrected chi connectivity index (χ1v) is 7.98. The minimum atomic E-state index is 0.761. The van der Waals surface area contributed by atoms with E-state index in [0.29, 0.717) is 0 Å². The molecule has 1 aromatic rings. The van der Waals surface area contributed by atoms with Gasteiger partial charge in [-0.1, -0.05) is 56.9 Å². The van der Waals surface area contributed by atoms with Crippen LogP contribution in [0.25, 0.3) is 0 Å². The summed E-state index contributed by atoms with van der Waals surface area (Å²) in [6.45, 7) is 4.04. The monoisotopic (exact) mass is 276 g/mol. The SMILES string of the molecule is CCCCOCCCCCCCc1ccc(C=O)cc1. The van der Waals surface area contributed by atoms with E-state index < -0.39 is 0 Å². The van der Waals surface area contributed by atoms with Crippen LogP contribution in [0.3, 0.4) is 0 Å². The molecule has 112 valence electrons. The minimum absolute atomic E-state index is 0.761. The molecule has 2 nitrogen and oxygen atoms in total. The highest BCUT2D eigenvalue weighted by molar-refractivity contribution is 5.74. The number of aldehydes is 1. The highest BCUT2D eigenvalue weighted by Crippen LogP contribution is 2.10. The van der Waals surface area contributed by atoms with Crippen LogP contribution in [-0.4, -0.2) is 19.5 Å². The van der Waals surface area contributed by atoms with Gasteiger partial charge in [-0.05, 0) is 31.2 Å². The van der Waals surface area contributed by atoms with Crippen LogP contribution >= 0.6 is 0 Å². The summed E-state index contributed by atoms with van der Waals surface area (Å²) in [5, 5.41) is 0. The summed E-state index contributed by atoms with van der Waals surface area (Å²) in [5.74, 6) is 0. The number of hydrogen-bond acceptors (Lipinski definition) is 2. The van der Waals surface area contributed by atoms with Gasteiger partial charge in [0.2, 0.25) is 0 Å². The largest absolute Gasteiger partial charge is 0.381 e. The first kappa shape index (κ1) is 16.9. The van der Waals surface area contributed by atoms with Crippen molar-refractivity contribution in [3.8, 4) is 0 Å². The van der Waals surface area contributed by atoms with Crippen LogP contribution in [0, 0.1) is 0 Å². The van der Waals surface area contributed by atoms with Crippen LogP contribution in [0.5, 0.6) is 0 Å². The van der Waals surface area contributed by atoms with Gasteiger partial charge >= 0.3 is 0 Å². The highest BCUT2D eigenvalue weighted by Gasteiger charge is 1.95. The molecule has 2 heteroatoms. The molecule has 0 amide bonds. The van der Waals surface area contributed by atoms with Gasteiger partial charge in [0.25, 0.3) is 0 Å². The Bertz CT molecular complexity index is 343. The highest BCUT2D eigenvalue weighted by atomic mass is 16.5. The molecule has 0 aliphatic carbocycles. The van der Waals surface area contributed by atoms with Gasteiger partial charge in [-0.3, -0.25) is 4.79 Å². The Labute approximate surface area is 123 Å². The van der Waals surface area contributed by atoms with E-state index in [0.717, 1.165) is 31.5 Å². The van der Waals surface area contributed by atoms with E-state index in [1.54, 1.807) is 0 Å². The van der Waals surface area contributed by atoms with Crippen molar-refractivity contribution in [2.45, 2.75) is 58.3 Å². The number of unbranched alkanes of at least 4 members (excludes halogenated alkanes) is 5. The molecule has 0 bridgehead atoms. The van der Waals surface area contributed by atoms with E-state index in [1.165, 1.54) is 50.5 Å². The van der Waals surface area contributed by atoms with E-state index in [1.807, 2.05) is 12.1 Å². The minimum Gasteiger partial charge on any atom is -0.381 e. The molecule has 1 aromatic carbocycles. The maximum absolute atomic E-state index is 10.6. The fourth-order valence-electron chi connectivity index (χ4n) is 2.17. The summed E-state index contributed by atoms with van der Waals surface area (Å²) in [5.41, 5.74) is 2.09. The van der Waals surface area contributed by atoms with E-state index >= 15 is 0 Å². The van der Waals surface area contributed by atoms with Crippen molar-refractivity contribution in [3.63, 3.8) is 0 Å². The number of carbonyl (C=O) groups is 1. The zero-order chi connectivity index (χ0) is 14.5. The molecule has 0 saturated heterocycles. The van der Waals surface area contributed by atoms with Gasteiger partial charge in [-0.15, -0.1) is 0 Å². The average Bonchev–Trinajstić information content (AvgIpc) is 2.50. The molecule has 20 heavy (non-hydrogen) atoms. The van der Waals surface area contributed by atoms with Crippen molar-refractivity contribution < 1.29 is 9.53 Å². The van der Waals surface area contributed by atoms with Crippen molar-refractivity contribution in [2.24, 2.45) is 0 Å². The molecule has 0 saturated carbocycles. The lowest BCUT2D eigenvalue weighted by atomic mass is 10.0. The normalized spacial score (nSPS) is 10.7. The first-order chi connectivity index (χ1) is 9.86. The molecule has 0 atom stereocenters. The predicted molar refractivity (Wildman–Crippen MR) is 84.3 cm³/mol. The van der Waals surface area contributed by atoms with E-state index in [9.17, 15) is 4.79 Å². The van der Waals surface area contributed by atoms with Gasteiger partial charge < -0.3 is 4.74 Å². The number of carbonyl (C=O) groups excluding carboxylic acids is 1. The van der Waals surface area contributed by atoms with E-state index in [-0.39, 0.29) is 0 Å². The predicted octanol–water partition coefficient (Wildman–Crippen LogP) is 4.81. The molecule has 0 heterocycles. The van der Waals surface area contributed by atoms with Gasteiger partial charge in [0.1, 0.15) is 6.29 Å². The summed E-state index contributed by atoms with van der Waals surface area (Å²) in [7, 11) is 0. The van der Waals surface area contributed by atoms with Gasteiger partial charge in [0.05, 0.1) is 0 Å². The summed E-state index contributed by atoms with van der Waals surface area (Å²) in [6.07, 6.45) is 10.7. The maximum atomic E-state index is 10.6. The topological polar surface area (TPSA) is 26.3 Å². The lowest BCUT2D eigenvalue weighted by Crippen LogP contribution is -1.96. The number of aryl methyl sites for hydroxylation is 1. The second-order valence-corrected chi connectivity index (χ2v) is 5.34. The zero-order valence-electron chi connectivity index (χ0n) is 12.8. The van der Waals surface area contributed by atoms with Gasteiger partial charge in [0, 0.05) is 18.8 Å². The quantitative estimate of drug-likeness (QED) is 0.404. The van der Waals surface area contributed by atoms with Crippen molar-refractivity contribution >= 4 is 6.29 Å². The Kier molecular flexibility index (Phi) is 9.85. The lowest BCUT2D eigenvalue weighted by Gasteiger charge is -2.04. The Morgan fingerprint density at radius 2 is 1.55 bits per heavy atom. The summed E-state index contributed by atoms with van der Waals surface area (Å²) < 4.78 is 5.54. The van der Waals surface area contributed by atoms with Crippen molar-refractivity contribution in [1.82, 2.24) is 0 Å².